The predicted molar refractivity (Wildman–Crippen MR) is 76.1 cm³/mol. The second-order valence-corrected chi connectivity index (χ2v) is 6.38. The average molecular weight is 342 g/mol. The molecule has 0 aromatic heterocycles. The van der Waals surface area contributed by atoms with E-state index >= 15 is 0 Å². The molecule has 0 amide bonds. The smallest absolute Gasteiger partial charge is 0.394 e. The Morgan fingerprint density at radius 1 is 1.22 bits per heavy atom. The van der Waals surface area contributed by atoms with Crippen molar-refractivity contribution in [3.8, 4) is 0 Å². The summed E-state index contributed by atoms with van der Waals surface area (Å²) in [5, 5.41) is 0. The monoisotopic (exact) mass is 342 g/mol. The number of hydrogen-bond donors (Lipinski definition) is 0. The molecule has 7 heteroatoms. The topological polar surface area (TPSA) is 26.3 Å². The van der Waals surface area contributed by atoms with E-state index in [1.807, 2.05) is 0 Å². The van der Waals surface area contributed by atoms with Crippen molar-refractivity contribution in [2.75, 3.05) is 0 Å². The minimum absolute atomic E-state index is 0.142. The van der Waals surface area contributed by atoms with Gasteiger partial charge in [0.05, 0.1) is 0 Å². The van der Waals surface area contributed by atoms with Crippen LogP contribution in [0.15, 0.2) is 12.2 Å². The third kappa shape index (κ3) is 8.32. The molecule has 2 nitrogen and oxygen atoms in total. The van der Waals surface area contributed by atoms with Gasteiger partial charge in [0.2, 0.25) is 0 Å². The fourth-order valence-electron chi connectivity index (χ4n) is 2.85. The van der Waals surface area contributed by atoms with E-state index in [2.05, 4.69) is 6.58 Å². The highest BCUT2D eigenvalue weighted by Crippen LogP contribution is 2.37. The molecule has 134 valence electrons. The maximum atomic E-state index is 13.4. The molecule has 0 bridgehead atoms. The highest BCUT2D eigenvalue weighted by Gasteiger charge is 2.43. The van der Waals surface area contributed by atoms with Gasteiger partial charge >= 0.3 is 12.1 Å². The van der Waals surface area contributed by atoms with Crippen molar-refractivity contribution >= 4 is 5.97 Å². The molecule has 1 unspecified atom stereocenters. The largest absolute Gasteiger partial charge is 0.459 e. The highest BCUT2D eigenvalue weighted by molar-refractivity contribution is 5.87. The Balaban J connectivity index is 2.60. The Kier molecular flexibility index (Phi) is 7.02. The Bertz CT molecular complexity index is 411. The zero-order valence-corrected chi connectivity index (χ0v) is 13.2. The molecule has 0 saturated heterocycles. The van der Waals surface area contributed by atoms with Crippen molar-refractivity contribution in [1.82, 2.24) is 0 Å². The summed E-state index contributed by atoms with van der Waals surface area (Å²) in [6.07, 6.45) is -4.73. The SMILES string of the molecule is C=C(C)C(=O)OC(CCC(F)(F)CC(F)(F)F)CC1CCCC1. The Hall–Kier alpha value is -1.14. The summed E-state index contributed by atoms with van der Waals surface area (Å²) in [6.45, 7) is 4.86. The summed E-state index contributed by atoms with van der Waals surface area (Å²) >= 11 is 0. The highest BCUT2D eigenvalue weighted by atomic mass is 19.4. The molecule has 1 aliphatic rings. The summed E-state index contributed by atoms with van der Waals surface area (Å²) in [7, 11) is 0. The van der Waals surface area contributed by atoms with E-state index in [0.717, 1.165) is 25.7 Å². The minimum Gasteiger partial charge on any atom is -0.459 e. The van der Waals surface area contributed by atoms with Crippen LogP contribution >= 0.6 is 0 Å². The number of halogens is 5. The van der Waals surface area contributed by atoms with Crippen molar-refractivity contribution < 1.29 is 31.5 Å². The molecule has 0 N–H and O–H groups in total. The van der Waals surface area contributed by atoms with Gasteiger partial charge in [-0.15, -0.1) is 0 Å². The van der Waals surface area contributed by atoms with Crippen LogP contribution in [-0.2, 0) is 9.53 Å². The first-order chi connectivity index (χ1) is 10.5. The molecule has 0 spiro atoms. The lowest BCUT2D eigenvalue weighted by molar-refractivity contribution is -0.191. The van der Waals surface area contributed by atoms with Crippen LogP contribution in [0.5, 0.6) is 0 Å². The van der Waals surface area contributed by atoms with Crippen LogP contribution in [0, 0.1) is 5.92 Å². The molecule has 1 rings (SSSR count). The second-order valence-electron chi connectivity index (χ2n) is 6.38. The molecule has 23 heavy (non-hydrogen) atoms. The van der Waals surface area contributed by atoms with Gasteiger partial charge in [0.15, 0.2) is 0 Å². The average Bonchev–Trinajstić information content (AvgIpc) is 2.85. The fourth-order valence-corrected chi connectivity index (χ4v) is 2.85. The summed E-state index contributed by atoms with van der Waals surface area (Å²) in [6, 6.07) is 0. The van der Waals surface area contributed by atoms with Gasteiger partial charge in [-0.1, -0.05) is 32.3 Å². The van der Waals surface area contributed by atoms with Crippen molar-refractivity contribution in [3.05, 3.63) is 12.2 Å². The molecule has 1 fully saturated rings. The summed E-state index contributed by atoms with van der Waals surface area (Å²) in [5.41, 5.74) is 0.142. The van der Waals surface area contributed by atoms with Crippen molar-refractivity contribution in [2.24, 2.45) is 5.92 Å². The molecule has 1 aliphatic carbocycles. The van der Waals surface area contributed by atoms with Gasteiger partial charge in [-0.2, -0.15) is 13.2 Å². The van der Waals surface area contributed by atoms with Gasteiger partial charge < -0.3 is 4.74 Å². The zero-order valence-electron chi connectivity index (χ0n) is 13.2. The van der Waals surface area contributed by atoms with Crippen molar-refractivity contribution in [2.45, 2.75) is 76.5 Å². The maximum Gasteiger partial charge on any atom is 0.394 e. The van der Waals surface area contributed by atoms with E-state index in [9.17, 15) is 26.7 Å². The number of ether oxygens (including phenoxy) is 1. The second kappa shape index (κ2) is 8.11. The van der Waals surface area contributed by atoms with Gasteiger partial charge in [-0.3, -0.25) is 0 Å². The molecule has 0 radical (unpaired) electrons. The van der Waals surface area contributed by atoms with Gasteiger partial charge in [0, 0.05) is 12.0 Å². The van der Waals surface area contributed by atoms with Crippen LogP contribution in [0.2, 0.25) is 0 Å². The molecule has 0 aromatic carbocycles. The van der Waals surface area contributed by atoms with Gasteiger partial charge in [-0.25, -0.2) is 13.6 Å². The lowest BCUT2D eigenvalue weighted by Crippen LogP contribution is -2.29. The lowest BCUT2D eigenvalue weighted by atomic mass is 9.95. The Morgan fingerprint density at radius 2 is 1.78 bits per heavy atom. The zero-order chi connectivity index (χ0) is 17.7. The van der Waals surface area contributed by atoms with E-state index in [1.54, 1.807) is 0 Å². The lowest BCUT2D eigenvalue weighted by Gasteiger charge is -2.24. The van der Waals surface area contributed by atoms with E-state index in [1.165, 1.54) is 6.92 Å². The van der Waals surface area contributed by atoms with Gasteiger partial charge in [-0.05, 0) is 25.7 Å². The van der Waals surface area contributed by atoms with E-state index < -0.39 is 37.0 Å². The number of carbonyl (C=O) groups excluding carboxylic acids is 1. The molecular formula is C16H23F5O2. The Labute approximate surface area is 133 Å². The van der Waals surface area contributed by atoms with Gasteiger partial charge in [0.1, 0.15) is 12.5 Å². The molecule has 1 atom stereocenters. The molecular weight excluding hydrogens is 319 g/mol. The number of carbonyl (C=O) groups is 1. The van der Waals surface area contributed by atoms with E-state index in [-0.39, 0.29) is 17.9 Å². The maximum absolute atomic E-state index is 13.4. The first kappa shape index (κ1) is 19.9. The predicted octanol–water partition coefficient (Wildman–Crippen LogP) is 5.42. The molecule has 0 aliphatic heterocycles. The molecule has 1 saturated carbocycles. The quantitative estimate of drug-likeness (QED) is 0.334. The van der Waals surface area contributed by atoms with Gasteiger partial charge in [0.25, 0.3) is 5.92 Å². The third-order valence-corrected chi connectivity index (χ3v) is 3.98. The third-order valence-electron chi connectivity index (χ3n) is 3.98. The first-order valence-corrected chi connectivity index (χ1v) is 7.79. The summed E-state index contributed by atoms with van der Waals surface area (Å²) < 4.78 is 68.4. The van der Waals surface area contributed by atoms with Crippen LogP contribution in [0.3, 0.4) is 0 Å². The number of rotatable bonds is 8. The normalized spacial score (nSPS) is 18.0. The first-order valence-electron chi connectivity index (χ1n) is 7.79. The summed E-state index contributed by atoms with van der Waals surface area (Å²) in [5.74, 6) is -4.26. The number of esters is 1. The van der Waals surface area contributed by atoms with E-state index in [0.29, 0.717) is 6.42 Å². The Morgan fingerprint density at radius 3 is 2.26 bits per heavy atom. The minimum atomic E-state index is -4.92. The van der Waals surface area contributed by atoms with Crippen LogP contribution in [0.25, 0.3) is 0 Å². The van der Waals surface area contributed by atoms with Crippen LogP contribution in [0.4, 0.5) is 22.0 Å². The standard InChI is InChI=1S/C16H23F5O2/c1-11(2)14(22)23-13(9-12-5-3-4-6-12)7-8-15(17,18)10-16(19,20)21/h12-13H,1,3-10H2,2H3. The van der Waals surface area contributed by atoms with Crippen LogP contribution in [0.1, 0.15) is 58.3 Å². The summed E-state index contributed by atoms with van der Waals surface area (Å²) in [4.78, 5) is 11.6. The van der Waals surface area contributed by atoms with Crippen molar-refractivity contribution in [1.29, 1.82) is 0 Å². The molecule has 0 heterocycles. The van der Waals surface area contributed by atoms with Crippen LogP contribution in [-0.4, -0.2) is 24.2 Å². The van der Waals surface area contributed by atoms with Crippen molar-refractivity contribution in [3.63, 3.8) is 0 Å². The van der Waals surface area contributed by atoms with E-state index in [4.69, 9.17) is 4.74 Å². The molecule has 0 aromatic rings. The number of alkyl halides is 5. The fraction of sp³-hybridized carbons (Fsp3) is 0.812. The van der Waals surface area contributed by atoms with Crippen LogP contribution < -0.4 is 0 Å². The number of hydrogen-bond acceptors (Lipinski definition) is 2.